The topological polar surface area (TPSA) is 112 Å². The molecule has 0 radical (unpaired) electrons. The van der Waals surface area contributed by atoms with Crippen LogP contribution in [0, 0.1) is 10.8 Å². The largest absolute Gasteiger partial charge is 0.451 e. The summed E-state index contributed by atoms with van der Waals surface area (Å²) in [6.45, 7) is 4.12. The molecule has 8 heteroatoms. The fraction of sp³-hybridized carbons (Fsp3) is 0.476. The molecule has 0 atom stereocenters. The number of carbonyl (C=O) groups excluding carboxylic acids is 3. The summed E-state index contributed by atoms with van der Waals surface area (Å²) in [6.07, 6.45) is 3.01. The van der Waals surface area contributed by atoms with Gasteiger partial charge in [0.05, 0.1) is 18.6 Å². The lowest BCUT2D eigenvalue weighted by Crippen LogP contribution is -2.52. The van der Waals surface area contributed by atoms with E-state index in [0.29, 0.717) is 29.9 Å². The zero-order valence-corrected chi connectivity index (χ0v) is 16.7. The zero-order chi connectivity index (χ0) is 21.1. The Morgan fingerprint density at radius 2 is 1.86 bits per heavy atom. The van der Waals surface area contributed by atoms with E-state index < -0.39 is 11.3 Å². The summed E-state index contributed by atoms with van der Waals surface area (Å²) < 4.78 is 5.51. The van der Waals surface area contributed by atoms with Crippen molar-refractivity contribution in [3.63, 3.8) is 0 Å². The van der Waals surface area contributed by atoms with Crippen LogP contribution in [0.5, 0.6) is 0 Å². The fourth-order valence-corrected chi connectivity index (χ4v) is 3.78. The number of carbonyl (C=O) groups is 3. The van der Waals surface area contributed by atoms with Gasteiger partial charge >= 0.3 is 0 Å². The first kappa shape index (κ1) is 20.9. The molecule has 3 rings (SSSR count). The van der Waals surface area contributed by atoms with E-state index in [1.54, 1.807) is 12.1 Å². The number of para-hydroxylation sites is 1. The molecule has 0 bridgehead atoms. The number of hydrogen-bond acceptors (Lipinski definition) is 5. The van der Waals surface area contributed by atoms with Crippen molar-refractivity contribution in [3.8, 4) is 0 Å². The number of nitrogens with one attached hydrogen (secondary N) is 2. The Balaban J connectivity index is 1.60. The quantitative estimate of drug-likeness (QED) is 0.286. The molecule has 2 aromatic rings. The van der Waals surface area contributed by atoms with Crippen molar-refractivity contribution in [2.45, 2.75) is 39.5 Å². The van der Waals surface area contributed by atoms with E-state index in [-0.39, 0.29) is 30.3 Å². The Kier molecular flexibility index (Phi) is 5.93. The van der Waals surface area contributed by atoms with Crippen molar-refractivity contribution in [3.05, 3.63) is 36.1 Å². The molecule has 3 N–H and O–H groups in total. The average Bonchev–Trinajstić information content (AvgIpc) is 3.14. The van der Waals surface area contributed by atoms with E-state index in [4.69, 9.17) is 4.42 Å². The number of furan rings is 1. The smallest absolute Gasteiger partial charge is 0.288 e. The second-order valence-electron chi connectivity index (χ2n) is 8.48. The number of hydrogen-bond donors (Lipinski definition) is 3. The molecule has 1 aliphatic carbocycles. The van der Waals surface area contributed by atoms with Gasteiger partial charge in [-0.25, -0.2) is 5.06 Å². The van der Waals surface area contributed by atoms with Crippen LogP contribution in [0.2, 0.25) is 0 Å². The minimum atomic E-state index is -0.880. The zero-order valence-electron chi connectivity index (χ0n) is 16.7. The normalized spacial score (nSPS) is 17.5. The lowest BCUT2D eigenvalue weighted by atomic mass is 9.64. The van der Waals surface area contributed by atoms with Gasteiger partial charge < -0.3 is 15.1 Å². The van der Waals surface area contributed by atoms with Gasteiger partial charge in [0.1, 0.15) is 5.58 Å². The fourth-order valence-electron chi connectivity index (χ4n) is 3.78. The number of rotatable bonds is 7. The monoisotopic (exact) mass is 401 g/mol. The third-order valence-electron chi connectivity index (χ3n) is 5.78. The molecule has 1 heterocycles. The van der Waals surface area contributed by atoms with Gasteiger partial charge in [-0.1, -0.05) is 32.0 Å². The maximum atomic E-state index is 12.9. The van der Waals surface area contributed by atoms with Gasteiger partial charge in [-0.15, -0.1) is 0 Å². The second-order valence-corrected chi connectivity index (χ2v) is 8.48. The highest BCUT2D eigenvalue weighted by atomic mass is 16.5. The maximum Gasteiger partial charge on any atom is 0.288 e. The summed E-state index contributed by atoms with van der Waals surface area (Å²) in [5, 5.41) is 16.4. The molecule has 0 saturated heterocycles. The average molecular weight is 401 g/mol. The minimum absolute atomic E-state index is 0.0735. The first-order valence-electron chi connectivity index (χ1n) is 9.71. The van der Waals surface area contributed by atoms with Gasteiger partial charge in [-0.3, -0.25) is 19.6 Å². The Hall–Kier alpha value is -2.87. The van der Waals surface area contributed by atoms with Crippen LogP contribution >= 0.6 is 0 Å². The molecular formula is C21H27N3O5. The summed E-state index contributed by atoms with van der Waals surface area (Å²) in [5.74, 6) is -0.562. The molecule has 0 unspecified atom stereocenters. The molecule has 3 amide bonds. The molecule has 1 fully saturated rings. The number of benzene rings is 1. The third-order valence-corrected chi connectivity index (χ3v) is 5.78. The number of hydroxylamine groups is 2. The van der Waals surface area contributed by atoms with E-state index in [1.807, 2.05) is 18.2 Å². The van der Waals surface area contributed by atoms with Crippen LogP contribution in [0.4, 0.5) is 0 Å². The van der Waals surface area contributed by atoms with E-state index in [0.717, 1.165) is 18.2 Å². The number of fused-ring (bicyclic) bond motifs is 1. The molecule has 1 aliphatic rings. The van der Waals surface area contributed by atoms with Crippen LogP contribution in [0.25, 0.3) is 11.0 Å². The molecule has 29 heavy (non-hydrogen) atoms. The summed E-state index contributed by atoms with van der Waals surface area (Å²) in [5.41, 5.74) is -0.155. The SMILES string of the molecule is CC1(C)CCC(CN(O)C=O)(C(=O)NCNC(=O)c2cc3ccccc3o2)CC1. The Morgan fingerprint density at radius 1 is 1.17 bits per heavy atom. The van der Waals surface area contributed by atoms with Crippen LogP contribution in [-0.4, -0.2) is 41.7 Å². The Labute approximate surface area is 169 Å². The molecule has 0 aliphatic heterocycles. The molecular weight excluding hydrogens is 374 g/mol. The van der Waals surface area contributed by atoms with Crippen LogP contribution < -0.4 is 10.6 Å². The highest BCUT2D eigenvalue weighted by Gasteiger charge is 2.45. The first-order valence-corrected chi connectivity index (χ1v) is 9.71. The maximum absolute atomic E-state index is 12.9. The summed E-state index contributed by atoms with van der Waals surface area (Å²) in [7, 11) is 0. The summed E-state index contributed by atoms with van der Waals surface area (Å²) in [4.78, 5) is 36.1. The second kappa shape index (κ2) is 8.24. The van der Waals surface area contributed by atoms with Crippen molar-refractivity contribution in [1.29, 1.82) is 0 Å². The Bertz CT molecular complexity index is 862. The Morgan fingerprint density at radius 3 is 2.52 bits per heavy atom. The van der Waals surface area contributed by atoms with E-state index >= 15 is 0 Å². The van der Waals surface area contributed by atoms with Crippen LogP contribution in [0.3, 0.4) is 0 Å². The predicted octanol–water partition coefficient (Wildman–Crippen LogP) is 2.67. The van der Waals surface area contributed by atoms with Crippen molar-refractivity contribution in [1.82, 2.24) is 15.7 Å². The summed E-state index contributed by atoms with van der Waals surface area (Å²) in [6, 6.07) is 8.94. The van der Waals surface area contributed by atoms with Gasteiger partial charge in [-0.2, -0.15) is 0 Å². The van der Waals surface area contributed by atoms with E-state index in [9.17, 15) is 19.6 Å². The van der Waals surface area contributed by atoms with Gasteiger partial charge in [0.2, 0.25) is 12.3 Å². The van der Waals surface area contributed by atoms with Crippen molar-refractivity contribution in [2.75, 3.05) is 13.2 Å². The van der Waals surface area contributed by atoms with Crippen molar-refractivity contribution in [2.24, 2.45) is 10.8 Å². The van der Waals surface area contributed by atoms with Gasteiger partial charge in [-0.05, 0) is 43.2 Å². The lowest BCUT2D eigenvalue weighted by molar-refractivity contribution is -0.164. The van der Waals surface area contributed by atoms with Crippen LogP contribution in [0.15, 0.2) is 34.7 Å². The van der Waals surface area contributed by atoms with E-state index in [2.05, 4.69) is 24.5 Å². The highest BCUT2D eigenvalue weighted by molar-refractivity contribution is 5.96. The standard InChI is InChI=1S/C21H27N3O5/c1-20(2)7-9-21(10-8-20,12-24(28)14-25)19(27)23-13-22-18(26)17-11-15-5-3-4-6-16(15)29-17/h3-6,11,14,28H,7-10,12-13H2,1-2H3,(H,22,26)(H,23,27). The minimum Gasteiger partial charge on any atom is -0.451 e. The molecule has 156 valence electrons. The molecule has 1 aromatic heterocycles. The third kappa shape index (κ3) is 4.76. The molecule has 1 saturated carbocycles. The van der Waals surface area contributed by atoms with E-state index in [1.165, 1.54) is 0 Å². The van der Waals surface area contributed by atoms with Gasteiger partial charge in [0, 0.05) is 5.39 Å². The number of nitrogens with zero attached hydrogens (tertiary/aromatic N) is 1. The van der Waals surface area contributed by atoms with Crippen LogP contribution in [0.1, 0.15) is 50.1 Å². The lowest BCUT2D eigenvalue weighted by Gasteiger charge is -2.43. The van der Waals surface area contributed by atoms with Crippen molar-refractivity contribution >= 4 is 29.2 Å². The highest BCUT2D eigenvalue weighted by Crippen LogP contribution is 2.45. The van der Waals surface area contributed by atoms with Crippen molar-refractivity contribution < 1.29 is 24.0 Å². The number of amides is 3. The van der Waals surface area contributed by atoms with Crippen LogP contribution in [-0.2, 0) is 9.59 Å². The summed E-state index contributed by atoms with van der Waals surface area (Å²) >= 11 is 0. The first-order chi connectivity index (χ1) is 13.7. The van der Waals surface area contributed by atoms with Gasteiger partial charge in [0.15, 0.2) is 5.76 Å². The molecule has 0 spiro atoms. The molecule has 1 aromatic carbocycles. The predicted molar refractivity (Wildman–Crippen MR) is 106 cm³/mol. The van der Waals surface area contributed by atoms with Gasteiger partial charge in [0.25, 0.3) is 5.91 Å². The molecule has 8 nitrogen and oxygen atoms in total.